The number of halogens is 2. The van der Waals surface area contributed by atoms with Gasteiger partial charge in [-0.05, 0) is 36.4 Å². The smallest absolute Gasteiger partial charge is 0.246 e. The minimum absolute atomic E-state index is 0.0883. The fourth-order valence-corrected chi connectivity index (χ4v) is 4.73. The molecule has 4 heterocycles. The van der Waals surface area contributed by atoms with Gasteiger partial charge in [-0.25, -0.2) is 24.0 Å². The van der Waals surface area contributed by atoms with Crippen molar-refractivity contribution in [1.29, 1.82) is 0 Å². The van der Waals surface area contributed by atoms with E-state index in [0.29, 0.717) is 60.1 Å². The SMILES string of the molecule is C=CC(=O)N1CCN(c2ccc3ncnc(Nc4cc(Cl)c(Oc5ccc6c(c5)nnn6C)cc4F)c3n2)CC1. The molecule has 13 heteroatoms. The zero-order chi connectivity index (χ0) is 27.8. The van der Waals surface area contributed by atoms with Gasteiger partial charge in [-0.3, -0.25) is 4.79 Å². The molecular weight excluding hydrogens is 537 g/mol. The number of anilines is 3. The van der Waals surface area contributed by atoms with E-state index >= 15 is 4.39 Å². The van der Waals surface area contributed by atoms with Crippen LogP contribution in [0.2, 0.25) is 5.02 Å². The van der Waals surface area contributed by atoms with Crippen LogP contribution < -0.4 is 15.0 Å². The third kappa shape index (κ3) is 4.84. The summed E-state index contributed by atoms with van der Waals surface area (Å²) in [4.78, 5) is 29.1. The second kappa shape index (κ2) is 10.4. The summed E-state index contributed by atoms with van der Waals surface area (Å²) in [6.45, 7) is 5.90. The van der Waals surface area contributed by atoms with E-state index in [1.54, 1.807) is 28.8 Å². The summed E-state index contributed by atoms with van der Waals surface area (Å²) in [5, 5.41) is 11.2. The van der Waals surface area contributed by atoms with Crippen LogP contribution in [0, 0.1) is 5.82 Å². The molecule has 3 aromatic heterocycles. The van der Waals surface area contributed by atoms with Crippen LogP contribution in [-0.4, -0.2) is 66.9 Å². The lowest BCUT2D eigenvalue weighted by Gasteiger charge is -2.35. The number of carbonyl (C=O) groups is 1. The number of hydrogen-bond donors (Lipinski definition) is 1. The molecule has 0 unspecified atom stereocenters. The monoisotopic (exact) mass is 559 g/mol. The predicted molar refractivity (Wildman–Crippen MR) is 150 cm³/mol. The summed E-state index contributed by atoms with van der Waals surface area (Å²) < 4.78 is 22.7. The number of amides is 1. The predicted octanol–water partition coefficient (Wildman–Crippen LogP) is 4.47. The molecular formula is C27H23ClFN9O2. The maximum Gasteiger partial charge on any atom is 0.246 e. The van der Waals surface area contributed by atoms with E-state index in [9.17, 15) is 4.79 Å². The first kappa shape index (κ1) is 25.4. The number of aromatic nitrogens is 6. The van der Waals surface area contributed by atoms with Gasteiger partial charge >= 0.3 is 0 Å². The van der Waals surface area contributed by atoms with Gasteiger partial charge in [-0.1, -0.05) is 23.4 Å². The summed E-state index contributed by atoms with van der Waals surface area (Å²) in [5.41, 5.74) is 2.64. The number of hydrogen-bond acceptors (Lipinski definition) is 9. The summed E-state index contributed by atoms with van der Waals surface area (Å²) in [6.07, 6.45) is 2.70. The Morgan fingerprint density at radius 2 is 1.93 bits per heavy atom. The molecule has 0 saturated carbocycles. The molecule has 1 aliphatic heterocycles. The van der Waals surface area contributed by atoms with Gasteiger partial charge in [0.15, 0.2) is 5.82 Å². The van der Waals surface area contributed by atoms with Crippen LogP contribution in [0.1, 0.15) is 0 Å². The van der Waals surface area contributed by atoms with E-state index < -0.39 is 5.82 Å². The maximum absolute atomic E-state index is 15.2. The van der Waals surface area contributed by atoms with E-state index in [2.05, 4.69) is 37.1 Å². The number of nitrogens with one attached hydrogen (secondary N) is 1. The number of ether oxygens (including phenoxy) is 1. The van der Waals surface area contributed by atoms with Gasteiger partial charge in [0.2, 0.25) is 5.91 Å². The lowest BCUT2D eigenvalue weighted by atomic mass is 10.2. The van der Waals surface area contributed by atoms with Gasteiger partial charge in [0.1, 0.15) is 40.5 Å². The van der Waals surface area contributed by atoms with Gasteiger partial charge in [0.05, 0.1) is 21.7 Å². The van der Waals surface area contributed by atoms with Crippen molar-refractivity contribution in [3.63, 3.8) is 0 Å². The van der Waals surface area contributed by atoms with E-state index in [1.807, 2.05) is 18.2 Å². The zero-order valence-corrected chi connectivity index (χ0v) is 22.1. The second-order valence-corrected chi connectivity index (χ2v) is 9.54. The fraction of sp³-hybridized carbons (Fsp3) is 0.185. The first-order valence-corrected chi connectivity index (χ1v) is 12.8. The first-order valence-electron chi connectivity index (χ1n) is 12.4. The largest absolute Gasteiger partial charge is 0.456 e. The van der Waals surface area contributed by atoms with Crippen LogP contribution in [0.5, 0.6) is 11.5 Å². The summed E-state index contributed by atoms with van der Waals surface area (Å²) in [6, 6.07) is 11.6. The van der Waals surface area contributed by atoms with E-state index in [4.69, 9.17) is 21.3 Å². The molecule has 1 amide bonds. The van der Waals surface area contributed by atoms with Crippen LogP contribution >= 0.6 is 11.6 Å². The van der Waals surface area contributed by atoms with Crippen molar-refractivity contribution >= 4 is 56.9 Å². The number of benzene rings is 2. The lowest BCUT2D eigenvalue weighted by Crippen LogP contribution is -2.48. The minimum atomic E-state index is -0.592. The quantitative estimate of drug-likeness (QED) is 0.301. The lowest BCUT2D eigenvalue weighted by molar-refractivity contribution is -0.126. The molecule has 5 aromatic rings. The van der Waals surface area contributed by atoms with Crippen molar-refractivity contribution in [2.75, 3.05) is 36.4 Å². The molecule has 0 spiro atoms. The van der Waals surface area contributed by atoms with Crippen LogP contribution in [-0.2, 0) is 11.8 Å². The number of carbonyl (C=O) groups excluding carboxylic acids is 1. The van der Waals surface area contributed by atoms with Crippen molar-refractivity contribution in [3.8, 4) is 11.5 Å². The average molecular weight is 560 g/mol. The second-order valence-electron chi connectivity index (χ2n) is 9.13. The molecule has 0 bridgehead atoms. The highest BCUT2D eigenvalue weighted by Crippen LogP contribution is 2.36. The summed E-state index contributed by atoms with van der Waals surface area (Å²) in [5.74, 6) is 0.946. The number of piperazine rings is 1. The maximum atomic E-state index is 15.2. The highest BCUT2D eigenvalue weighted by molar-refractivity contribution is 6.32. The molecule has 6 rings (SSSR count). The molecule has 0 aliphatic carbocycles. The van der Waals surface area contributed by atoms with Crippen molar-refractivity contribution in [3.05, 3.63) is 72.3 Å². The molecule has 0 radical (unpaired) electrons. The normalized spacial score (nSPS) is 13.6. The number of pyridine rings is 1. The van der Waals surface area contributed by atoms with Gasteiger partial charge < -0.3 is 19.9 Å². The van der Waals surface area contributed by atoms with Crippen LogP contribution in [0.4, 0.5) is 21.7 Å². The third-order valence-corrected chi connectivity index (χ3v) is 6.94. The van der Waals surface area contributed by atoms with Crippen LogP contribution in [0.15, 0.2) is 61.4 Å². The van der Waals surface area contributed by atoms with Crippen molar-refractivity contribution in [1.82, 2.24) is 34.8 Å². The van der Waals surface area contributed by atoms with Gasteiger partial charge in [-0.15, -0.1) is 5.10 Å². The minimum Gasteiger partial charge on any atom is -0.456 e. The zero-order valence-electron chi connectivity index (χ0n) is 21.4. The topological polar surface area (TPSA) is 114 Å². The Bertz CT molecular complexity index is 1770. The molecule has 11 nitrogen and oxygen atoms in total. The molecule has 1 saturated heterocycles. The van der Waals surface area contributed by atoms with E-state index in [-0.39, 0.29) is 22.4 Å². The number of nitrogens with zero attached hydrogens (tertiary/aromatic N) is 8. The molecule has 202 valence electrons. The Balaban J connectivity index is 1.24. The molecule has 2 aromatic carbocycles. The number of fused-ring (bicyclic) bond motifs is 2. The Hall–Kier alpha value is -4.84. The number of rotatable bonds is 6. The van der Waals surface area contributed by atoms with Gasteiger partial charge in [0, 0.05) is 45.4 Å². The van der Waals surface area contributed by atoms with Gasteiger partial charge in [0.25, 0.3) is 0 Å². The van der Waals surface area contributed by atoms with E-state index in [0.717, 1.165) is 5.52 Å². The summed E-state index contributed by atoms with van der Waals surface area (Å²) >= 11 is 6.48. The highest BCUT2D eigenvalue weighted by Gasteiger charge is 2.21. The Morgan fingerprint density at radius 1 is 1.10 bits per heavy atom. The van der Waals surface area contributed by atoms with Crippen LogP contribution in [0.3, 0.4) is 0 Å². The Morgan fingerprint density at radius 3 is 2.73 bits per heavy atom. The highest BCUT2D eigenvalue weighted by atomic mass is 35.5. The molecule has 1 N–H and O–H groups in total. The summed E-state index contributed by atoms with van der Waals surface area (Å²) in [7, 11) is 1.79. The van der Waals surface area contributed by atoms with Crippen molar-refractivity contribution in [2.45, 2.75) is 0 Å². The molecule has 1 aliphatic rings. The average Bonchev–Trinajstić information content (AvgIpc) is 3.35. The van der Waals surface area contributed by atoms with Gasteiger partial charge in [-0.2, -0.15) is 0 Å². The molecule has 0 atom stereocenters. The third-order valence-electron chi connectivity index (χ3n) is 6.64. The van der Waals surface area contributed by atoms with Crippen LogP contribution in [0.25, 0.3) is 22.1 Å². The Labute approximate surface area is 232 Å². The molecule has 1 fully saturated rings. The first-order chi connectivity index (χ1) is 19.4. The van der Waals surface area contributed by atoms with E-state index in [1.165, 1.54) is 24.5 Å². The number of aryl methyl sites for hydroxylation is 1. The standard InChI is InChI=1S/C27H23ClFN9O2/c1-3-25(39)38-10-8-37(9-11-38)24-7-5-19-26(33-24)27(31-15-30-19)32-20-13-17(28)23(14-18(20)29)40-16-4-6-22-21(12-16)34-35-36(22)2/h3-7,12-15H,1,8-11H2,2H3,(H,30,31,32). The van der Waals surface area contributed by atoms with Crippen molar-refractivity contribution in [2.24, 2.45) is 7.05 Å². The Kier molecular flexibility index (Phi) is 6.60. The van der Waals surface area contributed by atoms with Crippen molar-refractivity contribution < 1.29 is 13.9 Å². The fourth-order valence-electron chi connectivity index (χ4n) is 4.52. The molecule has 40 heavy (non-hydrogen) atoms.